The molecule has 142 valence electrons. The molecule has 28 heavy (non-hydrogen) atoms. The summed E-state index contributed by atoms with van der Waals surface area (Å²) >= 11 is 6.16. The lowest BCUT2D eigenvalue weighted by molar-refractivity contribution is 0.874. The molecule has 7 nitrogen and oxygen atoms in total. The minimum Gasteiger partial charge on any atom is -0.379 e. The van der Waals surface area contributed by atoms with Gasteiger partial charge in [-0.3, -0.25) is 9.89 Å². The van der Waals surface area contributed by atoms with Crippen LogP contribution in [0.5, 0.6) is 0 Å². The van der Waals surface area contributed by atoms with Crippen LogP contribution < -0.4 is 16.2 Å². The summed E-state index contributed by atoms with van der Waals surface area (Å²) in [5, 5.41) is 9.98. The van der Waals surface area contributed by atoms with E-state index < -0.39 is 0 Å². The predicted octanol–water partition coefficient (Wildman–Crippen LogP) is 3.60. The number of hydrogen-bond donors (Lipinski definition) is 3. The minimum absolute atomic E-state index is 0.219. The summed E-state index contributed by atoms with van der Waals surface area (Å²) in [6, 6.07) is 17.1. The molecule has 0 fully saturated rings. The van der Waals surface area contributed by atoms with Crippen LogP contribution in [0, 0.1) is 6.92 Å². The highest BCUT2D eigenvalue weighted by Gasteiger charge is 2.09. The summed E-state index contributed by atoms with van der Waals surface area (Å²) < 4.78 is 1.31. The molecular weight excluding hydrogens is 376 g/mol. The van der Waals surface area contributed by atoms with E-state index in [1.165, 1.54) is 16.1 Å². The van der Waals surface area contributed by atoms with E-state index in [1.807, 2.05) is 55.5 Å². The van der Waals surface area contributed by atoms with Gasteiger partial charge in [-0.1, -0.05) is 47.5 Å². The van der Waals surface area contributed by atoms with E-state index in [0.717, 1.165) is 11.3 Å². The van der Waals surface area contributed by atoms with Crippen LogP contribution in [0.2, 0.25) is 5.02 Å². The van der Waals surface area contributed by atoms with Crippen LogP contribution in [-0.4, -0.2) is 19.6 Å². The Labute approximate surface area is 166 Å². The molecular formula is C20H19ClN6O. The van der Waals surface area contributed by atoms with Crippen LogP contribution in [0.15, 0.2) is 59.4 Å². The molecule has 0 radical (unpaired) electrons. The monoisotopic (exact) mass is 394 g/mol. The molecule has 0 aliphatic carbocycles. The van der Waals surface area contributed by atoms with Gasteiger partial charge in [0.15, 0.2) is 0 Å². The quantitative estimate of drug-likeness (QED) is 0.465. The normalized spacial score (nSPS) is 10.9. The molecule has 0 saturated heterocycles. The van der Waals surface area contributed by atoms with Gasteiger partial charge in [-0.2, -0.15) is 9.50 Å². The van der Waals surface area contributed by atoms with Crippen molar-refractivity contribution in [2.24, 2.45) is 0 Å². The maximum atomic E-state index is 12.4. The third-order valence-corrected chi connectivity index (χ3v) is 4.68. The van der Waals surface area contributed by atoms with Crippen LogP contribution in [0.1, 0.15) is 16.8 Å². The maximum absolute atomic E-state index is 12.4. The van der Waals surface area contributed by atoms with Crippen molar-refractivity contribution in [3.8, 4) is 0 Å². The Morgan fingerprint density at radius 3 is 2.61 bits per heavy atom. The van der Waals surface area contributed by atoms with Crippen molar-refractivity contribution in [1.82, 2.24) is 19.6 Å². The van der Waals surface area contributed by atoms with Gasteiger partial charge in [0, 0.05) is 23.3 Å². The Balaban J connectivity index is 1.49. The molecule has 0 aliphatic rings. The van der Waals surface area contributed by atoms with E-state index in [1.54, 1.807) is 0 Å². The highest BCUT2D eigenvalue weighted by Crippen LogP contribution is 2.16. The van der Waals surface area contributed by atoms with E-state index in [0.29, 0.717) is 35.5 Å². The van der Waals surface area contributed by atoms with Crippen molar-refractivity contribution in [1.29, 1.82) is 0 Å². The number of halogens is 1. The van der Waals surface area contributed by atoms with Gasteiger partial charge >= 0.3 is 0 Å². The van der Waals surface area contributed by atoms with E-state index in [2.05, 4.69) is 25.7 Å². The van der Waals surface area contributed by atoms with Crippen molar-refractivity contribution in [3.63, 3.8) is 0 Å². The lowest BCUT2D eigenvalue weighted by atomic mass is 10.2. The number of anilines is 2. The fourth-order valence-corrected chi connectivity index (χ4v) is 2.98. The summed E-state index contributed by atoms with van der Waals surface area (Å²) in [5.74, 6) is 0.767. The van der Waals surface area contributed by atoms with Gasteiger partial charge < -0.3 is 10.6 Å². The number of aromatic nitrogens is 4. The highest BCUT2D eigenvalue weighted by molar-refractivity contribution is 6.31. The topological polar surface area (TPSA) is 87.1 Å². The summed E-state index contributed by atoms with van der Waals surface area (Å²) in [7, 11) is 0. The first kappa shape index (κ1) is 18.1. The number of H-pyrrole nitrogens is 1. The van der Waals surface area contributed by atoms with Gasteiger partial charge in [0.05, 0.1) is 12.2 Å². The first-order valence-electron chi connectivity index (χ1n) is 8.85. The van der Waals surface area contributed by atoms with Crippen LogP contribution >= 0.6 is 11.6 Å². The number of rotatable bonds is 6. The summed E-state index contributed by atoms with van der Waals surface area (Å²) in [6.07, 6.45) is 0. The second kappa shape index (κ2) is 7.74. The third-order valence-electron chi connectivity index (χ3n) is 4.31. The molecule has 0 atom stereocenters. The molecule has 4 rings (SSSR count). The number of aromatic amines is 1. The molecule has 3 N–H and O–H groups in total. The third kappa shape index (κ3) is 3.99. The van der Waals surface area contributed by atoms with E-state index >= 15 is 0 Å². The molecule has 8 heteroatoms. The smallest absolute Gasteiger partial charge is 0.274 e. The summed E-state index contributed by atoms with van der Waals surface area (Å²) in [5.41, 5.74) is 3.50. The van der Waals surface area contributed by atoms with Crippen LogP contribution in [0.25, 0.3) is 5.78 Å². The summed E-state index contributed by atoms with van der Waals surface area (Å²) in [4.78, 5) is 21.2. The van der Waals surface area contributed by atoms with Crippen molar-refractivity contribution in [2.45, 2.75) is 20.0 Å². The molecule has 0 aliphatic heterocycles. The molecule has 0 amide bonds. The van der Waals surface area contributed by atoms with Crippen LogP contribution in [0.4, 0.5) is 11.6 Å². The Morgan fingerprint density at radius 2 is 1.82 bits per heavy atom. The predicted molar refractivity (Wildman–Crippen MR) is 111 cm³/mol. The van der Waals surface area contributed by atoms with Gasteiger partial charge in [0.25, 0.3) is 11.3 Å². The number of benzene rings is 2. The Morgan fingerprint density at radius 1 is 1.04 bits per heavy atom. The standard InChI is InChI=1S/C20H19ClN6O/c1-13-6-8-15(9-7-13)22-12-16-10-18(28)27-20(24-16)25-19(26-27)23-11-14-4-2-3-5-17(14)21/h2-10,22H,11-12H2,1H3,(H2,23,24,25,26). The Hall–Kier alpha value is -3.32. The highest BCUT2D eigenvalue weighted by atomic mass is 35.5. The van der Waals surface area contributed by atoms with Gasteiger partial charge in [-0.25, -0.2) is 4.98 Å². The lowest BCUT2D eigenvalue weighted by Gasteiger charge is -2.05. The molecule has 0 bridgehead atoms. The van der Waals surface area contributed by atoms with Crippen LogP contribution in [-0.2, 0) is 13.1 Å². The van der Waals surface area contributed by atoms with E-state index in [9.17, 15) is 4.79 Å². The average Bonchev–Trinajstić information content (AvgIpc) is 3.11. The van der Waals surface area contributed by atoms with Crippen molar-refractivity contribution < 1.29 is 0 Å². The largest absolute Gasteiger partial charge is 0.379 e. The Kier molecular flexibility index (Phi) is 4.99. The zero-order valence-electron chi connectivity index (χ0n) is 15.2. The molecule has 2 aromatic carbocycles. The zero-order valence-corrected chi connectivity index (χ0v) is 16.0. The molecule has 0 saturated carbocycles. The molecule has 0 unspecified atom stereocenters. The molecule has 0 spiro atoms. The average molecular weight is 395 g/mol. The van der Waals surface area contributed by atoms with Crippen molar-refractivity contribution >= 4 is 29.0 Å². The maximum Gasteiger partial charge on any atom is 0.274 e. The minimum atomic E-state index is -0.219. The van der Waals surface area contributed by atoms with Gasteiger partial charge in [-0.05, 0) is 30.7 Å². The number of hydrogen-bond acceptors (Lipinski definition) is 5. The van der Waals surface area contributed by atoms with Crippen molar-refractivity contribution in [3.05, 3.63) is 86.8 Å². The molecule has 2 aromatic heterocycles. The summed E-state index contributed by atoms with van der Waals surface area (Å²) in [6.45, 7) is 2.95. The zero-order chi connectivity index (χ0) is 19.5. The van der Waals surface area contributed by atoms with E-state index in [4.69, 9.17) is 11.6 Å². The lowest BCUT2D eigenvalue weighted by Crippen LogP contribution is -2.17. The first-order chi connectivity index (χ1) is 13.6. The SMILES string of the molecule is Cc1ccc(NCc2cc(=O)n3[nH]c(NCc4ccccc4Cl)nc3n2)cc1. The number of fused-ring (bicyclic) bond motifs is 1. The van der Waals surface area contributed by atoms with E-state index in [-0.39, 0.29) is 5.56 Å². The van der Waals surface area contributed by atoms with Gasteiger partial charge in [0.1, 0.15) is 0 Å². The van der Waals surface area contributed by atoms with Gasteiger partial charge in [-0.15, -0.1) is 0 Å². The second-order valence-electron chi connectivity index (χ2n) is 6.46. The number of nitrogens with zero attached hydrogens (tertiary/aromatic N) is 3. The van der Waals surface area contributed by atoms with Crippen molar-refractivity contribution in [2.75, 3.05) is 10.6 Å². The molecule has 4 aromatic rings. The number of nitrogens with one attached hydrogen (secondary N) is 3. The second-order valence-corrected chi connectivity index (χ2v) is 6.87. The fourth-order valence-electron chi connectivity index (χ4n) is 2.78. The van der Waals surface area contributed by atoms with Crippen LogP contribution in [0.3, 0.4) is 0 Å². The van der Waals surface area contributed by atoms with Gasteiger partial charge in [0.2, 0.25) is 5.95 Å². The molecule has 2 heterocycles. The number of aryl methyl sites for hydroxylation is 1. The fraction of sp³-hybridized carbons (Fsp3) is 0.150. The first-order valence-corrected chi connectivity index (χ1v) is 9.23. The Bertz CT molecular complexity index is 1170.